The van der Waals surface area contributed by atoms with Crippen LogP contribution in [0.3, 0.4) is 0 Å². The molecule has 64 valence electrons. The van der Waals surface area contributed by atoms with E-state index in [-0.39, 0.29) is 17.9 Å². The molecule has 1 atom stereocenters. The van der Waals surface area contributed by atoms with Gasteiger partial charge < -0.3 is 5.32 Å². The summed E-state index contributed by atoms with van der Waals surface area (Å²) in [6.07, 6.45) is 0. The van der Waals surface area contributed by atoms with Gasteiger partial charge in [0.25, 0.3) is 0 Å². The van der Waals surface area contributed by atoms with Crippen molar-refractivity contribution in [3.63, 3.8) is 0 Å². The predicted molar refractivity (Wildman–Crippen MR) is 47.3 cm³/mol. The highest BCUT2D eigenvalue weighted by atomic mass is 16.1. The van der Waals surface area contributed by atoms with E-state index in [1.165, 1.54) is 0 Å². The lowest BCUT2D eigenvalue weighted by atomic mass is 10.1. The van der Waals surface area contributed by atoms with Crippen molar-refractivity contribution in [2.24, 2.45) is 5.92 Å². The second-order valence-corrected chi connectivity index (χ2v) is 3.23. The molecule has 0 aromatic heterocycles. The van der Waals surface area contributed by atoms with Gasteiger partial charge in [-0.25, -0.2) is 0 Å². The molecular weight excluding hydrogens is 138 g/mol. The van der Waals surface area contributed by atoms with Gasteiger partial charge in [0.2, 0.25) is 5.91 Å². The minimum Gasteiger partial charge on any atom is -0.350 e. The Kier molecular flexibility index (Phi) is 3.86. The number of carbonyl (C=O) groups is 1. The molecule has 0 fully saturated rings. The molecule has 0 heterocycles. The Morgan fingerprint density at radius 2 is 1.82 bits per heavy atom. The fraction of sp³-hybridized carbons (Fsp3) is 0.667. The van der Waals surface area contributed by atoms with Gasteiger partial charge in [-0.2, -0.15) is 0 Å². The number of amides is 1. The smallest absolute Gasteiger partial charge is 0.223 e. The van der Waals surface area contributed by atoms with E-state index in [1.807, 2.05) is 27.7 Å². The van der Waals surface area contributed by atoms with Crippen LogP contribution >= 0.6 is 0 Å². The summed E-state index contributed by atoms with van der Waals surface area (Å²) in [5.41, 5.74) is 0.985. The minimum atomic E-state index is 0.0526. The van der Waals surface area contributed by atoms with Gasteiger partial charge in [0, 0.05) is 12.0 Å². The average molecular weight is 155 g/mol. The second kappa shape index (κ2) is 4.16. The zero-order valence-corrected chi connectivity index (χ0v) is 7.77. The summed E-state index contributed by atoms with van der Waals surface area (Å²) in [7, 11) is 0. The number of carbonyl (C=O) groups excluding carboxylic acids is 1. The van der Waals surface area contributed by atoms with Crippen molar-refractivity contribution in [1.82, 2.24) is 5.32 Å². The Bertz CT molecular complexity index is 161. The van der Waals surface area contributed by atoms with E-state index in [9.17, 15) is 4.79 Å². The first-order chi connectivity index (χ1) is 4.95. The van der Waals surface area contributed by atoms with E-state index in [0.717, 1.165) is 5.57 Å². The predicted octanol–water partition coefficient (Wildman–Crippen LogP) is 1.72. The SMILES string of the molecule is C=C(C)C(C)NC(=O)C(C)C. The third-order valence-electron chi connectivity index (χ3n) is 1.62. The first-order valence-electron chi connectivity index (χ1n) is 3.91. The molecule has 0 aromatic rings. The molecule has 0 aliphatic heterocycles. The zero-order chi connectivity index (χ0) is 9.02. The van der Waals surface area contributed by atoms with Crippen LogP contribution in [-0.2, 0) is 4.79 Å². The third kappa shape index (κ3) is 3.81. The number of hydrogen-bond donors (Lipinski definition) is 1. The molecule has 0 rings (SSSR count). The number of rotatable bonds is 3. The highest BCUT2D eigenvalue weighted by Crippen LogP contribution is 1.98. The lowest BCUT2D eigenvalue weighted by Crippen LogP contribution is -2.35. The van der Waals surface area contributed by atoms with Crippen LogP contribution in [0.25, 0.3) is 0 Å². The van der Waals surface area contributed by atoms with Crippen LogP contribution in [-0.4, -0.2) is 11.9 Å². The van der Waals surface area contributed by atoms with E-state index in [1.54, 1.807) is 0 Å². The Hall–Kier alpha value is -0.790. The van der Waals surface area contributed by atoms with Gasteiger partial charge in [-0.3, -0.25) is 4.79 Å². The Morgan fingerprint density at radius 1 is 1.36 bits per heavy atom. The van der Waals surface area contributed by atoms with Crippen molar-refractivity contribution in [1.29, 1.82) is 0 Å². The van der Waals surface area contributed by atoms with Crippen molar-refractivity contribution in [2.45, 2.75) is 33.7 Å². The normalized spacial score (nSPS) is 12.8. The van der Waals surface area contributed by atoms with E-state index in [2.05, 4.69) is 11.9 Å². The van der Waals surface area contributed by atoms with Gasteiger partial charge in [0.1, 0.15) is 0 Å². The van der Waals surface area contributed by atoms with E-state index in [4.69, 9.17) is 0 Å². The Morgan fingerprint density at radius 3 is 2.09 bits per heavy atom. The average Bonchev–Trinajstić information content (AvgIpc) is 1.87. The Balaban J connectivity index is 3.85. The summed E-state index contributed by atoms with van der Waals surface area (Å²) < 4.78 is 0. The summed E-state index contributed by atoms with van der Waals surface area (Å²) in [6.45, 7) is 11.3. The van der Waals surface area contributed by atoms with Gasteiger partial charge in [0.15, 0.2) is 0 Å². The molecular formula is C9H17NO. The summed E-state index contributed by atoms with van der Waals surface area (Å²) >= 11 is 0. The summed E-state index contributed by atoms with van der Waals surface area (Å²) in [5.74, 6) is 0.136. The standard InChI is InChI=1S/C9H17NO/c1-6(2)8(5)10-9(11)7(3)4/h7-8H,1H2,2-5H3,(H,10,11). The van der Waals surface area contributed by atoms with Gasteiger partial charge in [-0.1, -0.05) is 26.0 Å². The molecule has 0 aromatic carbocycles. The lowest BCUT2D eigenvalue weighted by Gasteiger charge is -2.14. The van der Waals surface area contributed by atoms with Crippen LogP contribution in [0.2, 0.25) is 0 Å². The minimum absolute atomic E-state index is 0.0526. The van der Waals surface area contributed by atoms with Gasteiger partial charge in [0.05, 0.1) is 0 Å². The largest absolute Gasteiger partial charge is 0.350 e. The molecule has 0 saturated heterocycles. The molecule has 1 amide bonds. The molecule has 2 heteroatoms. The van der Waals surface area contributed by atoms with Crippen LogP contribution in [0.15, 0.2) is 12.2 Å². The first kappa shape index (κ1) is 10.2. The van der Waals surface area contributed by atoms with Crippen molar-refractivity contribution >= 4 is 5.91 Å². The van der Waals surface area contributed by atoms with E-state index < -0.39 is 0 Å². The van der Waals surface area contributed by atoms with Crippen molar-refractivity contribution in [3.05, 3.63) is 12.2 Å². The number of hydrogen-bond acceptors (Lipinski definition) is 1. The quantitative estimate of drug-likeness (QED) is 0.618. The van der Waals surface area contributed by atoms with Crippen molar-refractivity contribution in [2.75, 3.05) is 0 Å². The monoisotopic (exact) mass is 155 g/mol. The molecule has 0 spiro atoms. The highest BCUT2D eigenvalue weighted by Gasteiger charge is 2.09. The summed E-state index contributed by atoms with van der Waals surface area (Å²) in [6, 6.07) is 0.0879. The highest BCUT2D eigenvalue weighted by molar-refractivity contribution is 5.78. The van der Waals surface area contributed by atoms with E-state index in [0.29, 0.717) is 0 Å². The third-order valence-corrected chi connectivity index (χ3v) is 1.62. The van der Waals surface area contributed by atoms with Crippen LogP contribution in [0.4, 0.5) is 0 Å². The number of nitrogens with one attached hydrogen (secondary N) is 1. The lowest BCUT2D eigenvalue weighted by molar-refractivity contribution is -0.124. The molecule has 0 aliphatic carbocycles. The summed E-state index contributed by atoms with van der Waals surface area (Å²) in [5, 5.41) is 2.84. The maximum Gasteiger partial charge on any atom is 0.223 e. The first-order valence-corrected chi connectivity index (χ1v) is 3.91. The molecule has 0 aliphatic rings. The van der Waals surface area contributed by atoms with Crippen LogP contribution in [0.1, 0.15) is 27.7 Å². The maximum atomic E-state index is 11.1. The molecule has 1 unspecified atom stereocenters. The molecule has 0 radical (unpaired) electrons. The Labute approximate surface area is 68.7 Å². The maximum absolute atomic E-state index is 11.1. The molecule has 0 saturated carbocycles. The van der Waals surface area contributed by atoms with Crippen LogP contribution in [0.5, 0.6) is 0 Å². The van der Waals surface area contributed by atoms with Gasteiger partial charge in [-0.15, -0.1) is 0 Å². The van der Waals surface area contributed by atoms with Crippen molar-refractivity contribution < 1.29 is 4.79 Å². The van der Waals surface area contributed by atoms with Crippen molar-refractivity contribution in [3.8, 4) is 0 Å². The molecule has 0 bridgehead atoms. The second-order valence-electron chi connectivity index (χ2n) is 3.23. The van der Waals surface area contributed by atoms with E-state index >= 15 is 0 Å². The molecule has 11 heavy (non-hydrogen) atoms. The molecule has 1 N–H and O–H groups in total. The van der Waals surface area contributed by atoms with Crippen LogP contribution in [0, 0.1) is 5.92 Å². The fourth-order valence-corrected chi connectivity index (χ4v) is 0.503. The van der Waals surface area contributed by atoms with Gasteiger partial charge in [-0.05, 0) is 13.8 Å². The van der Waals surface area contributed by atoms with Crippen LogP contribution < -0.4 is 5.32 Å². The van der Waals surface area contributed by atoms with Gasteiger partial charge >= 0.3 is 0 Å². The molecule has 2 nitrogen and oxygen atoms in total. The topological polar surface area (TPSA) is 29.1 Å². The summed E-state index contributed by atoms with van der Waals surface area (Å²) in [4.78, 5) is 11.1. The zero-order valence-electron chi connectivity index (χ0n) is 7.77. The fourth-order valence-electron chi connectivity index (χ4n) is 0.503.